The van der Waals surface area contributed by atoms with Gasteiger partial charge in [0.2, 0.25) is 17.7 Å². The van der Waals surface area contributed by atoms with Crippen molar-refractivity contribution in [3.8, 4) is 63.2 Å². The first-order chi connectivity index (χ1) is 61.1. The van der Waals surface area contributed by atoms with Crippen LogP contribution in [0.4, 0.5) is 21.8 Å². The van der Waals surface area contributed by atoms with Gasteiger partial charge in [-0.1, -0.05) is 157 Å². The van der Waals surface area contributed by atoms with Crippen molar-refractivity contribution >= 4 is 103 Å². The zero-order valence-electron chi connectivity index (χ0n) is 74.9. The van der Waals surface area contributed by atoms with E-state index in [1.807, 2.05) is 169 Å². The van der Waals surface area contributed by atoms with Gasteiger partial charge in [0.1, 0.15) is 35.9 Å². The number of pyridine rings is 4. The van der Waals surface area contributed by atoms with Crippen molar-refractivity contribution in [3.05, 3.63) is 251 Å². The molecular weight excluding hydrogens is 1680 g/mol. The fourth-order valence-electron chi connectivity index (χ4n) is 17.5. The van der Waals surface area contributed by atoms with Gasteiger partial charge in [-0.05, 0) is 177 Å². The first kappa shape index (κ1) is 91.4. The summed E-state index contributed by atoms with van der Waals surface area (Å²) < 4.78 is 19.8. The number of amides is 3. The molecule has 1 saturated carbocycles. The Morgan fingerprint density at radius 3 is 1.23 bits per heavy atom. The topological polar surface area (TPSA) is 278 Å². The van der Waals surface area contributed by atoms with Crippen LogP contribution in [0.25, 0.3) is 83.9 Å². The summed E-state index contributed by atoms with van der Waals surface area (Å²) in [6, 6.07) is 26.5. The van der Waals surface area contributed by atoms with E-state index < -0.39 is 22.9 Å². The number of piperazine rings is 3. The molecule has 26 nitrogen and oxygen atoms in total. The molecule has 660 valence electrons. The van der Waals surface area contributed by atoms with Crippen LogP contribution in [0.15, 0.2) is 162 Å². The van der Waals surface area contributed by atoms with E-state index in [9.17, 15) is 28.8 Å². The molecule has 0 N–H and O–H groups in total. The lowest BCUT2D eigenvalue weighted by Crippen LogP contribution is -2.58. The van der Waals surface area contributed by atoms with Crippen molar-refractivity contribution < 1.29 is 18.8 Å². The summed E-state index contributed by atoms with van der Waals surface area (Å²) in [4.78, 5) is 144. The molecule has 3 amide bonds. The first-order valence-corrected chi connectivity index (χ1v) is 44.3. The smallest absolute Gasteiger partial charge is 0.349 e. The Hall–Kier alpha value is -12.8. The van der Waals surface area contributed by atoms with Gasteiger partial charge >= 0.3 is 17.1 Å². The van der Waals surface area contributed by atoms with Crippen molar-refractivity contribution in [1.82, 2.24) is 83.2 Å². The first-order valence-electron chi connectivity index (χ1n) is 43.2. The number of halogens is 4. The second-order valence-corrected chi connectivity index (χ2v) is 35.6. The average molecular weight is 1780 g/mol. The van der Waals surface area contributed by atoms with Crippen LogP contribution < -0.4 is 31.8 Å². The molecule has 6 unspecified atom stereocenters. The predicted molar refractivity (Wildman–Crippen MR) is 506 cm³/mol. The molecular formula is C98H104Cl3FN20O6. The van der Waals surface area contributed by atoms with Crippen LogP contribution in [0.3, 0.4) is 0 Å². The molecule has 12 heterocycles. The standard InChI is InChI=1S/C33H32ClFN6O2.C33H36ClN7O2.C32H36ClN7O2/c1-8-22-10-11-26(35)23(14-22)29-25(34)15-24-31(40-17-20(6)39(16-21(40)7)27(42)9-2)38-33(43)41(32(24)37-29)30-19(5)12-13-36-28(30)18(3)4;1-7-26(42)39-15-21(6)40(16-20(39)5)31-24-14-25(34)29(23-11-9-8-10-19(23)4)37-32(24)41(33(43)38-31)30-27(18(2)3)35-17-36-28(30)22-12-13-22;1-8-25-29(27(18(3)4)35-17-34-25)40-31-23(14-24(33)28(36-31)22-13-11-10-12-19(22)5)30(37-32(40)42)39-16-20(6)38(15-21(39)7)26(41)9-2/h1,9-15,18,20-21H,2,16-17H2,3-7H3;7-11,14,17-18,20-22H,1,12-13,15-16H2,2-6H3;9-14,17-18,20-21H,2,8,15-16H2,1,3-7H3. The number of hydrogen-bond donors (Lipinski definition) is 0. The summed E-state index contributed by atoms with van der Waals surface area (Å²) in [6.45, 7) is 45.7. The highest BCUT2D eigenvalue weighted by atomic mass is 35.5. The summed E-state index contributed by atoms with van der Waals surface area (Å²) >= 11 is 20.8. The van der Waals surface area contributed by atoms with E-state index in [-0.39, 0.29) is 99.6 Å². The number of hydrogen-bond acceptors (Lipinski definition) is 20. The van der Waals surface area contributed by atoms with Gasteiger partial charge in [-0.25, -0.2) is 67.4 Å². The quantitative estimate of drug-likeness (QED) is 0.0605. The number of carbonyl (C=O) groups is 3. The van der Waals surface area contributed by atoms with Gasteiger partial charge in [-0.15, -0.1) is 6.42 Å². The van der Waals surface area contributed by atoms with Gasteiger partial charge in [0, 0.05) is 110 Å². The molecule has 6 atom stereocenters. The number of anilines is 3. The van der Waals surface area contributed by atoms with Crippen molar-refractivity contribution in [2.24, 2.45) is 0 Å². The highest BCUT2D eigenvalue weighted by Crippen LogP contribution is 2.46. The van der Waals surface area contributed by atoms with Gasteiger partial charge in [0.05, 0.1) is 93.8 Å². The highest BCUT2D eigenvalue weighted by molar-refractivity contribution is 6.35. The van der Waals surface area contributed by atoms with E-state index in [1.54, 1.807) is 48.8 Å². The Labute approximate surface area is 758 Å². The maximum Gasteiger partial charge on any atom is 0.355 e. The zero-order valence-corrected chi connectivity index (χ0v) is 77.1. The molecule has 128 heavy (non-hydrogen) atoms. The lowest BCUT2D eigenvalue weighted by molar-refractivity contribution is -0.129. The average Bonchev–Trinajstić information content (AvgIpc) is 0.906. The molecule has 3 aromatic carbocycles. The number of aromatic nitrogens is 14. The van der Waals surface area contributed by atoms with E-state index in [4.69, 9.17) is 61.2 Å². The predicted octanol–water partition coefficient (Wildman–Crippen LogP) is 17.0. The Kier molecular flexibility index (Phi) is 26.9. The van der Waals surface area contributed by atoms with Crippen molar-refractivity contribution in [2.75, 3.05) is 54.0 Å². The summed E-state index contributed by atoms with van der Waals surface area (Å²) in [5, 5.41) is 2.89. The Morgan fingerprint density at radius 1 is 0.469 bits per heavy atom. The van der Waals surface area contributed by atoms with Crippen molar-refractivity contribution in [2.45, 2.75) is 190 Å². The van der Waals surface area contributed by atoms with Crippen LogP contribution in [-0.4, -0.2) is 176 Å². The molecule has 1 aliphatic carbocycles. The summed E-state index contributed by atoms with van der Waals surface area (Å²) in [5.74, 6) is 3.25. The minimum atomic E-state index is -0.566. The normalized spacial score (nSPS) is 17.7. The Balaban J connectivity index is 0.000000155. The molecule has 4 fully saturated rings. The van der Waals surface area contributed by atoms with Gasteiger partial charge in [-0.2, -0.15) is 15.0 Å². The largest absolute Gasteiger partial charge is 0.355 e. The fraction of sp³-hybridized carbons (Fsp3) is 0.357. The second kappa shape index (κ2) is 37.6. The maximum absolute atomic E-state index is 15.2. The molecule has 3 saturated heterocycles. The van der Waals surface area contributed by atoms with Crippen LogP contribution in [0.5, 0.6) is 0 Å². The summed E-state index contributed by atoms with van der Waals surface area (Å²) in [7, 11) is 0. The number of benzene rings is 3. The summed E-state index contributed by atoms with van der Waals surface area (Å²) in [5.41, 5.74) is 11.8. The number of nitrogens with zero attached hydrogens (tertiary/aromatic N) is 20. The summed E-state index contributed by atoms with van der Waals surface area (Å²) in [6.07, 6.45) is 17.0. The molecule has 16 rings (SSSR count). The van der Waals surface area contributed by atoms with E-state index in [2.05, 4.69) is 84.2 Å². The van der Waals surface area contributed by atoms with Gasteiger partial charge in [0.15, 0.2) is 16.9 Å². The highest BCUT2D eigenvalue weighted by Gasteiger charge is 2.40. The zero-order chi connectivity index (χ0) is 92.0. The van der Waals surface area contributed by atoms with Crippen molar-refractivity contribution in [1.29, 1.82) is 0 Å². The van der Waals surface area contributed by atoms with E-state index in [0.29, 0.717) is 140 Å². The molecule has 3 aliphatic heterocycles. The third-order valence-electron chi connectivity index (χ3n) is 24.3. The van der Waals surface area contributed by atoms with Crippen LogP contribution in [0.1, 0.15) is 177 Å². The minimum Gasteiger partial charge on any atom is -0.349 e. The third-order valence-corrected chi connectivity index (χ3v) is 25.2. The molecule has 4 aliphatic rings. The monoisotopic (exact) mass is 1780 g/mol. The lowest BCUT2D eigenvalue weighted by Gasteiger charge is -2.44. The van der Waals surface area contributed by atoms with E-state index in [0.717, 1.165) is 63.4 Å². The number of carbonyl (C=O) groups excluding carboxylic acids is 3. The molecule has 0 spiro atoms. The van der Waals surface area contributed by atoms with Crippen LogP contribution in [0.2, 0.25) is 15.1 Å². The maximum atomic E-state index is 15.2. The van der Waals surface area contributed by atoms with Crippen LogP contribution in [-0.2, 0) is 20.8 Å². The molecule has 30 heteroatoms. The number of terminal acetylenes is 1. The minimum absolute atomic E-state index is 0.0226. The Bertz CT molecular complexity index is 6680. The van der Waals surface area contributed by atoms with Gasteiger partial charge in [-0.3, -0.25) is 19.4 Å². The fourth-order valence-corrected chi connectivity index (χ4v) is 18.3. The van der Waals surface area contributed by atoms with Gasteiger partial charge < -0.3 is 29.4 Å². The molecule has 0 radical (unpaired) electrons. The van der Waals surface area contributed by atoms with E-state index >= 15 is 4.39 Å². The molecule has 9 aromatic heterocycles. The van der Waals surface area contributed by atoms with Crippen LogP contribution >= 0.6 is 34.8 Å². The molecule has 12 aromatic rings. The molecule has 0 bridgehead atoms. The SMILES string of the molecule is C#Cc1ccc(F)c(-c2nc3c(cc2Cl)c(N2CC(C)N(C(=O)C=C)CC2C)nc(=O)n3-c2c(C)ccnc2C(C)C)c1.C=CC(=O)N1CC(C)N(c2nc(=O)n(-c3c(C(C)C)ncnc3C3CC3)c3nc(-c4ccccc4C)c(Cl)cc23)CC1C.C=CC(=O)N1CC(C)N(c2nc(=O)n(-c3c(CC)ncnc3C(C)C)c3nc(-c4ccccc4C)c(Cl)cc23)CC1C. The number of rotatable bonds is 17. The second-order valence-electron chi connectivity index (χ2n) is 34.3. The van der Waals surface area contributed by atoms with Crippen molar-refractivity contribution in [3.63, 3.8) is 0 Å². The Morgan fingerprint density at radius 2 is 0.844 bits per heavy atom. The van der Waals surface area contributed by atoms with Crippen LogP contribution in [0, 0.1) is 38.9 Å². The van der Waals surface area contributed by atoms with Gasteiger partial charge in [0.25, 0.3) is 0 Å². The number of fused-ring (bicyclic) bond motifs is 3. The number of aryl methyl sites for hydroxylation is 4. The third kappa shape index (κ3) is 17.5. The lowest BCUT2D eigenvalue weighted by atomic mass is 10.0. The van der Waals surface area contributed by atoms with E-state index in [1.165, 1.54) is 41.0 Å².